The Labute approximate surface area is 164 Å². The van der Waals surface area contributed by atoms with Crippen molar-refractivity contribution in [3.63, 3.8) is 0 Å². The van der Waals surface area contributed by atoms with E-state index in [1.54, 1.807) is 30.3 Å². The first-order valence-electron chi connectivity index (χ1n) is 8.07. The maximum Gasteiger partial charge on any atom is 0.261 e. The van der Waals surface area contributed by atoms with Crippen LogP contribution < -0.4 is 10.0 Å². The van der Waals surface area contributed by atoms with E-state index in [1.807, 2.05) is 24.3 Å². The van der Waals surface area contributed by atoms with Crippen LogP contribution in [0.1, 0.15) is 11.1 Å². The standard InChI is InChI=1S/C19H17ClN2O2S.ClH/c20-18-5-1-4-14-11-15(7-8-16(14)18)25(23,24)22-19-6-2-3-13-9-10-21-12-17(13)19;/h1-8,11,21-22H,9-10,12H2;1H. The third-order valence-corrected chi connectivity index (χ3v) is 6.19. The van der Waals surface area contributed by atoms with Gasteiger partial charge in [0.1, 0.15) is 0 Å². The van der Waals surface area contributed by atoms with Crippen molar-refractivity contribution in [1.82, 2.24) is 5.32 Å². The lowest BCUT2D eigenvalue weighted by Gasteiger charge is -2.21. The van der Waals surface area contributed by atoms with Crippen LogP contribution in [0.5, 0.6) is 0 Å². The number of fused-ring (bicyclic) bond motifs is 2. The average Bonchev–Trinajstić information content (AvgIpc) is 2.62. The Morgan fingerprint density at radius 3 is 2.69 bits per heavy atom. The first-order valence-corrected chi connectivity index (χ1v) is 9.93. The zero-order valence-electron chi connectivity index (χ0n) is 13.8. The molecule has 0 unspecified atom stereocenters. The van der Waals surface area contributed by atoms with Crippen molar-refractivity contribution >= 4 is 50.5 Å². The van der Waals surface area contributed by atoms with Gasteiger partial charge in [-0.2, -0.15) is 0 Å². The van der Waals surface area contributed by atoms with E-state index in [0.717, 1.165) is 29.3 Å². The molecule has 136 valence electrons. The molecule has 0 spiro atoms. The molecular weight excluding hydrogens is 391 g/mol. The van der Waals surface area contributed by atoms with Gasteiger partial charge in [-0.1, -0.05) is 41.9 Å². The summed E-state index contributed by atoms with van der Waals surface area (Å²) in [5.41, 5.74) is 2.83. The van der Waals surface area contributed by atoms with Gasteiger partial charge in [0, 0.05) is 17.0 Å². The van der Waals surface area contributed by atoms with E-state index in [0.29, 0.717) is 17.3 Å². The van der Waals surface area contributed by atoms with E-state index in [4.69, 9.17) is 11.6 Å². The maximum atomic E-state index is 12.9. The number of rotatable bonds is 3. The van der Waals surface area contributed by atoms with E-state index >= 15 is 0 Å². The highest BCUT2D eigenvalue weighted by atomic mass is 35.5. The Morgan fingerprint density at radius 1 is 1.04 bits per heavy atom. The molecule has 2 N–H and O–H groups in total. The van der Waals surface area contributed by atoms with Crippen molar-refractivity contribution in [3.8, 4) is 0 Å². The molecule has 0 aliphatic carbocycles. The van der Waals surface area contributed by atoms with E-state index in [2.05, 4.69) is 10.0 Å². The number of sulfonamides is 1. The van der Waals surface area contributed by atoms with E-state index < -0.39 is 10.0 Å². The van der Waals surface area contributed by atoms with Gasteiger partial charge in [0.05, 0.1) is 10.6 Å². The van der Waals surface area contributed by atoms with Gasteiger partial charge in [-0.15, -0.1) is 12.4 Å². The van der Waals surface area contributed by atoms with Crippen molar-refractivity contribution in [2.24, 2.45) is 0 Å². The fraction of sp³-hybridized carbons (Fsp3) is 0.158. The molecule has 26 heavy (non-hydrogen) atoms. The summed E-state index contributed by atoms with van der Waals surface area (Å²) in [6, 6.07) is 16.2. The summed E-state index contributed by atoms with van der Waals surface area (Å²) >= 11 is 6.16. The zero-order valence-corrected chi connectivity index (χ0v) is 16.2. The Morgan fingerprint density at radius 2 is 1.85 bits per heavy atom. The Kier molecular flexibility index (Phi) is 5.44. The van der Waals surface area contributed by atoms with Gasteiger partial charge in [-0.25, -0.2) is 8.42 Å². The first-order chi connectivity index (χ1) is 12.0. The lowest BCUT2D eigenvalue weighted by Crippen LogP contribution is -2.25. The number of anilines is 1. The third kappa shape index (κ3) is 3.53. The summed E-state index contributed by atoms with van der Waals surface area (Å²) in [5, 5.41) is 5.53. The number of hydrogen-bond donors (Lipinski definition) is 2. The highest BCUT2D eigenvalue weighted by Gasteiger charge is 2.19. The summed E-state index contributed by atoms with van der Waals surface area (Å²) in [6.45, 7) is 1.58. The van der Waals surface area contributed by atoms with Crippen LogP contribution in [0.3, 0.4) is 0 Å². The Balaban J connectivity index is 0.00000196. The molecule has 0 saturated carbocycles. The van der Waals surface area contributed by atoms with Crippen LogP contribution in [0.25, 0.3) is 10.8 Å². The highest BCUT2D eigenvalue weighted by Crippen LogP contribution is 2.28. The second-order valence-electron chi connectivity index (χ2n) is 6.10. The third-order valence-electron chi connectivity index (χ3n) is 4.50. The average molecular weight is 409 g/mol. The maximum absolute atomic E-state index is 12.9. The van der Waals surface area contributed by atoms with Crippen molar-refractivity contribution in [1.29, 1.82) is 0 Å². The van der Waals surface area contributed by atoms with Crippen molar-refractivity contribution < 1.29 is 8.42 Å². The quantitative estimate of drug-likeness (QED) is 0.676. The molecule has 3 aromatic rings. The van der Waals surface area contributed by atoms with Gasteiger partial charge < -0.3 is 5.32 Å². The van der Waals surface area contributed by atoms with Crippen LogP contribution in [0.2, 0.25) is 5.02 Å². The molecule has 4 rings (SSSR count). The fourth-order valence-electron chi connectivity index (χ4n) is 3.20. The topological polar surface area (TPSA) is 58.2 Å². The van der Waals surface area contributed by atoms with Gasteiger partial charge >= 0.3 is 0 Å². The molecule has 7 heteroatoms. The number of nitrogens with one attached hydrogen (secondary N) is 2. The predicted molar refractivity (Wildman–Crippen MR) is 109 cm³/mol. The van der Waals surface area contributed by atoms with Crippen LogP contribution >= 0.6 is 24.0 Å². The summed E-state index contributed by atoms with van der Waals surface area (Å²) in [6.07, 6.45) is 0.902. The summed E-state index contributed by atoms with van der Waals surface area (Å²) in [7, 11) is -3.67. The fourth-order valence-corrected chi connectivity index (χ4v) is 4.58. The zero-order chi connectivity index (χ0) is 17.4. The predicted octanol–water partition coefficient (Wildman–Crippen LogP) is 4.36. The van der Waals surface area contributed by atoms with Crippen molar-refractivity contribution in [3.05, 3.63) is 70.7 Å². The Hall–Kier alpha value is -1.79. The summed E-state index contributed by atoms with van der Waals surface area (Å²) in [5.74, 6) is 0. The number of hydrogen-bond acceptors (Lipinski definition) is 3. The normalized spacial score (nSPS) is 13.7. The minimum Gasteiger partial charge on any atom is -0.312 e. The van der Waals surface area contributed by atoms with Gasteiger partial charge in [-0.05, 0) is 53.7 Å². The molecule has 0 radical (unpaired) electrons. The molecule has 0 atom stereocenters. The van der Waals surface area contributed by atoms with E-state index in [1.165, 1.54) is 5.56 Å². The molecule has 0 amide bonds. The first kappa shape index (κ1) is 19.0. The smallest absolute Gasteiger partial charge is 0.261 e. The molecule has 0 saturated heterocycles. The van der Waals surface area contributed by atoms with Crippen LogP contribution in [0.4, 0.5) is 5.69 Å². The highest BCUT2D eigenvalue weighted by molar-refractivity contribution is 7.92. The largest absolute Gasteiger partial charge is 0.312 e. The van der Waals surface area contributed by atoms with Crippen molar-refractivity contribution in [2.45, 2.75) is 17.9 Å². The van der Waals surface area contributed by atoms with E-state index in [9.17, 15) is 8.42 Å². The molecule has 0 bridgehead atoms. The summed E-state index contributed by atoms with van der Waals surface area (Å²) in [4.78, 5) is 0.226. The van der Waals surface area contributed by atoms with Gasteiger partial charge in [-0.3, -0.25) is 4.72 Å². The van der Waals surface area contributed by atoms with Crippen LogP contribution in [-0.4, -0.2) is 15.0 Å². The summed E-state index contributed by atoms with van der Waals surface area (Å²) < 4.78 is 28.4. The van der Waals surface area contributed by atoms with Gasteiger partial charge in [0.15, 0.2) is 0 Å². The molecule has 1 aliphatic heterocycles. The lowest BCUT2D eigenvalue weighted by molar-refractivity contribution is 0.601. The molecule has 3 aromatic carbocycles. The van der Waals surface area contributed by atoms with Crippen LogP contribution in [0, 0.1) is 0 Å². The molecule has 1 heterocycles. The number of halogens is 2. The minimum atomic E-state index is -3.67. The second-order valence-corrected chi connectivity index (χ2v) is 8.19. The lowest BCUT2D eigenvalue weighted by atomic mass is 10.00. The Bertz CT molecular complexity index is 1070. The van der Waals surface area contributed by atoms with Gasteiger partial charge in [0.25, 0.3) is 10.0 Å². The molecular formula is C19H18Cl2N2O2S. The van der Waals surface area contributed by atoms with Gasteiger partial charge in [0.2, 0.25) is 0 Å². The monoisotopic (exact) mass is 408 g/mol. The SMILES string of the molecule is Cl.O=S(=O)(Nc1cccc2c1CNCC2)c1ccc2c(Cl)cccc2c1. The van der Waals surface area contributed by atoms with Crippen LogP contribution in [0.15, 0.2) is 59.5 Å². The molecule has 1 aliphatic rings. The molecule has 4 nitrogen and oxygen atoms in total. The molecule has 0 fully saturated rings. The minimum absolute atomic E-state index is 0. The number of benzene rings is 3. The second kappa shape index (κ2) is 7.45. The van der Waals surface area contributed by atoms with Crippen molar-refractivity contribution in [2.75, 3.05) is 11.3 Å². The van der Waals surface area contributed by atoms with E-state index in [-0.39, 0.29) is 17.3 Å². The molecule has 0 aromatic heterocycles. The van der Waals surface area contributed by atoms with Crippen LogP contribution in [-0.2, 0) is 23.0 Å².